The highest BCUT2D eigenvalue weighted by Crippen LogP contribution is 2.59. The molecule has 0 heterocycles. The largest absolute Gasteiger partial charge is 0.396 e. The SMILES string of the molecule is CC1=CCC2C(C)(C)CCC[C@@]2(C)[C@@H]1CO. The molecule has 16 heavy (non-hydrogen) atoms. The molecule has 1 unspecified atom stereocenters. The summed E-state index contributed by atoms with van der Waals surface area (Å²) in [6, 6.07) is 0. The third-order valence-electron chi connectivity index (χ3n) is 5.48. The Balaban J connectivity index is 2.39. The third kappa shape index (κ3) is 1.64. The monoisotopic (exact) mass is 222 g/mol. The van der Waals surface area contributed by atoms with Crippen molar-refractivity contribution in [2.24, 2.45) is 22.7 Å². The Hall–Kier alpha value is -0.300. The number of allylic oxidation sites excluding steroid dienone is 1. The van der Waals surface area contributed by atoms with E-state index in [1.54, 1.807) is 0 Å². The Labute approximate surface area is 99.9 Å². The van der Waals surface area contributed by atoms with E-state index >= 15 is 0 Å². The van der Waals surface area contributed by atoms with Crippen molar-refractivity contribution in [1.82, 2.24) is 0 Å². The zero-order chi connectivity index (χ0) is 12.0. The van der Waals surface area contributed by atoms with E-state index in [9.17, 15) is 5.11 Å². The first-order chi connectivity index (χ1) is 7.42. The number of hydrogen-bond donors (Lipinski definition) is 1. The average molecular weight is 222 g/mol. The first-order valence-electron chi connectivity index (χ1n) is 6.69. The predicted molar refractivity (Wildman–Crippen MR) is 68.2 cm³/mol. The maximum atomic E-state index is 9.69. The van der Waals surface area contributed by atoms with Crippen LogP contribution in [0.1, 0.15) is 53.4 Å². The van der Waals surface area contributed by atoms with Crippen molar-refractivity contribution in [3.8, 4) is 0 Å². The van der Waals surface area contributed by atoms with Gasteiger partial charge in [-0.25, -0.2) is 0 Å². The first kappa shape index (κ1) is 12.2. The molecular formula is C15H26O. The fourth-order valence-electron chi connectivity index (χ4n) is 4.49. The van der Waals surface area contributed by atoms with Crippen molar-refractivity contribution < 1.29 is 5.11 Å². The van der Waals surface area contributed by atoms with Crippen LogP contribution in [0.5, 0.6) is 0 Å². The molecule has 1 fully saturated rings. The molecule has 0 saturated heterocycles. The van der Waals surface area contributed by atoms with Crippen LogP contribution < -0.4 is 0 Å². The van der Waals surface area contributed by atoms with Gasteiger partial charge in [-0.1, -0.05) is 38.8 Å². The molecule has 1 saturated carbocycles. The maximum Gasteiger partial charge on any atom is 0.0501 e. The first-order valence-corrected chi connectivity index (χ1v) is 6.69. The smallest absolute Gasteiger partial charge is 0.0501 e. The van der Waals surface area contributed by atoms with Crippen LogP contribution in [0, 0.1) is 22.7 Å². The van der Waals surface area contributed by atoms with Gasteiger partial charge in [0.2, 0.25) is 0 Å². The lowest BCUT2D eigenvalue weighted by atomic mass is 9.49. The number of aliphatic hydroxyl groups is 1. The Morgan fingerprint density at radius 2 is 2.00 bits per heavy atom. The molecule has 3 atom stereocenters. The summed E-state index contributed by atoms with van der Waals surface area (Å²) in [5.74, 6) is 1.14. The lowest BCUT2D eigenvalue weighted by Crippen LogP contribution is -2.49. The van der Waals surface area contributed by atoms with Crippen LogP contribution in [0.3, 0.4) is 0 Å². The van der Waals surface area contributed by atoms with Crippen molar-refractivity contribution >= 4 is 0 Å². The Morgan fingerprint density at radius 3 is 2.62 bits per heavy atom. The Kier molecular flexibility index (Phi) is 2.94. The molecule has 0 radical (unpaired) electrons. The quantitative estimate of drug-likeness (QED) is 0.669. The zero-order valence-corrected chi connectivity index (χ0v) is 11.2. The molecule has 1 N–H and O–H groups in total. The second-order valence-electron chi connectivity index (χ2n) is 6.82. The van der Waals surface area contributed by atoms with Gasteiger partial charge in [-0.05, 0) is 42.9 Å². The van der Waals surface area contributed by atoms with E-state index < -0.39 is 0 Å². The van der Waals surface area contributed by atoms with Crippen LogP contribution >= 0.6 is 0 Å². The van der Waals surface area contributed by atoms with Gasteiger partial charge in [0, 0.05) is 5.92 Å². The zero-order valence-electron chi connectivity index (χ0n) is 11.2. The summed E-state index contributed by atoms with van der Waals surface area (Å²) < 4.78 is 0. The fraction of sp³-hybridized carbons (Fsp3) is 0.867. The summed E-state index contributed by atoms with van der Waals surface area (Å²) in [6.45, 7) is 9.77. The topological polar surface area (TPSA) is 20.2 Å². The van der Waals surface area contributed by atoms with Crippen LogP contribution in [0.4, 0.5) is 0 Å². The molecule has 0 aromatic rings. The van der Waals surface area contributed by atoms with Gasteiger partial charge in [0.15, 0.2) is 0 Å². The van der Waals surface area contributed by atoms with E-state index in [1.807, 2.05) is 0 Å². The van der Waals surface area contributed by atoms with E-state index in [0.29, 0.717) is 23.4 Å². The van der Waals surface area contributed by atoms with Gasteiger partial charge >= 0.3 is 0 Å². The van der Waals surface area contributed by atoms with Crippen molar-refractivity contribution in [3.63, 3.8) is 0 Å². The minimum Gasteiger partial charge on any atom is -0.396 e. The van der Waals surface area contributed by atoms with E-state index in [4.69, 9.17) is 0 Å². The van der Waals surface area contributed by atoms with Gasteiger partial charge in [0.25, 0.3) is 0 Å². The molecule has 1 heteroatoms. The molecule has 0 aromatic carbocycles. The van der Waals surface area contributed by atoms with Gasteiger partial charge in [-0.3, -0.25) is 0 Å². The molecular weight excluding hydrogens is 196 g/mol. The standard InChI is InChI=1S/C15H26O/c1-11-6-7-13-14(2,3)8-5-9-15(13,4)12(11)10-16/h6,12-13,16H,5,7-10H2,1-4H3/t12-,13?,15+/m1/s1. The van der Waals surface area contributed by atoms with Crippen molar-refractivity contribution in [1.29, 1.82) is 0 Å². The van der Waals surface area contributed by atoms with Crippen LogP contribution in [-0.2, 0) is 0 Å². The lowest BCUT2D eigenvalue weighted by Gasteiger charge is -2.56. The molecule has 0 bridgehead atoms. The number of aliphatic hydroxyl groups excluding tert-OH is 1. The highest BCUT2D eigenvalue weighted by molar-refractivity contribution is 5.18. The summed E-state index contributed by atoms with van der Waals surface area (Å²) in [5.41, 5.74) is 2.19. The second kappa shape index (κ2) is 3.87. The lowest BCUT2D eigenvalue weighted by molar-refractivity contribution is -0.0509. The predicted octanol–water partition coefficient (Wildman–Crippen LogP) is 3.78. The molecule has 2 aliphatic rings. The van der Waals surface area contributed by atoms with Gasteiger partial charge in [0.1, 0.15) is 0 Å². The summed E-state index contributed by atoms with van der Waals surface area (Å²) in [7, 11) is 0. The Morgan fingerprint density at radius 1 is 1.31 bits per heavy atom. The van der Waals surface area contributed by atoms with Crippen LogP contribution in [0.2, 0.25) is 0 Å². The normalized spacial score (nSPS) is 42.4. The maximum absolute atomic E-state index is 9.69. The van der Waals surface area contributed by atoms with Crippen molar-refractivity contribution in [3.05, 3.63) is 11.6 Å². The fourth-order valence-corrected chi connectivity index (χ4v) is 4.49. The van der Waals surface area contributed by atoms with Crippen molar-refractivity contribution in [2.75, 3.05) is 6.61 Å². The molecule has 0 spiro atoms. The molecule has 0 amide bonds. The summed E-state index contributed by atoms with van der Waals surface area (Å²) >= 11 is 0. The van der Waals surface area contributed by atoms with Gasteiger partial charge in [-0.15, -0.1) is 0 Å². The van der Waals surface area contributed by atoms with Crippen molar-refractivity contribution in [2.45, 2.75) is 53.4 Å². The number of hydrogen-bond acceptors (Lipinski definition) is 1. The minimum absolute atomic E-state index is 0.325. The van der Waals surface area contributed by atoms with Gasteiger partial charge in [-0.2, -0.15) is 0 Å². The molecule has 2 aliphatic carbocycles. The van der Waals surface area contributed by atoms with E-state index in [-0.39, 0.29) is 0 Å². The van der Waals surface area contributed by atoms with Crippen LogP contribution in [-0.4, -0.2) is 11.7 Å². The molecule has 0 aliphatic heterocycles. The third-order valence-corrected chi connectivity index (χ3v) is 5.48. The van der Waals surface area contributed by atoms with Crippen LogP contribution in [0.25, 0.3) is 0 Å². The van der Waals surface area contributed by atoms with Gasteiger partial charge in [0.05, 0.1) is 6.61 Å². The second-order valence-corrected chi connectivity index (χ2v) is 6.82. The van der Waals surface area contributed by atoms with E-state index in [1.165, 1.54) is 31.3 Å². The highest BCUT2D eigenvalue weighted by atomic mass is 16.3. The van der Waals surface area contributed by atoms with Crippen LogP contribution in [0.15, 0.2) is 11.6 Å². The number of rotatable bonds is 1. The van der Waals surface area contributed by atoms with E-state index in [0.717, 1.165) is 5.92 Å². The van der Waals surface area contributed by atoms with Gasteiger partial charge < -0.3 is 5.11 Å². The summed E-state index contributed by atoms with van der Waals surface area (Å²) in [6.07, 6.45) is 7.55. The van der Waals surface area contributed by atoms with E-state index in [2.05, 4.69) is 33.8 Å². The molecule has 0 aromatic heterocycles. The summed E-state index contributed by atoms with van der Waals surface area (Å²) in [5, 5.41) is 9.69. The minimum atomic E-state index is 0.325. The Bertz CT molecular complexity index is 303. The average Bonchev–Trinajstić information content (AvgIpc) is 2.15. The number of fused-ring (bicyclic) bond motifs is 1. The molecule has 1 nitrogen and oxygen atoms in total. The summed E-state index contributed by atoms with van der Waals surface area (Å²) in [4.78, 5) is 0. The molecule has 2 rings (SSSR count). The molecule has 92 valence electrons. The highest BCUT2D eigenvalue weighted by Gasteiger charge is 2.51.